The molecule has 1 aromatic carbocycles. The topological polar surface area (TPSA) is 82.6 Å². The van der Waals surface area contributed by atoms with Gasteiger partial charge >= 0.3 is 0 Å². The molecule has 1 unspecified atom stereocenters. The van der Waals surface area contributed by atoms with Gasteiger partial charge in [0.1, 0.15) is 12.4 Å². The highest BCUT2D eigenvalue weighted by Gasteiger charge is 2.33. The van der Waals surface area contributed by atoms with Crippen molar-refractivity contribution in [1.29, 1.82) is 0 Å². The molecule has 2 aliphatic heterocycles. The van der Waals surface area contributed by atoms with Gasteiger partial charge in [-0.15, -0.1) is 0 Å². The molecule has 9 nitrogen and oxygen atoms in total. The number of methoxy groups -OCH3 is 1. The Morgan fingerprint density at radius 3 is 2.58 bits per heavy atom. The second kappa shape index (κ2) is 13.1. The molecular weight excluding hydrogens is 504 g/mol. The van der Waals surface area contributed by atoms with Gasteiger partial charge in [0.2, 0.25) is 15.9 Å². The van der Waals surface area contributed by atoms with Crippen molar-refractivity contribution in [2.75, 3.05) is 73.2 Å². The van der Waals surface area contributed by atoms with E-state index in [2.05, 4.69) is 16.7 Å². The lowest BCUT2D eigenvalue weighted by atomic mass is 9.88. The largest absolute Gasteiger partial charge is 0.497 e. The van der Waals surface area contributed by atoms with Gasteiger partial charge in [-0.05, 0) is 75.3 Å². The third kappa shape index (κ3) is 6.70. The minimum Gasteiger partial charge on any atom is -0.497 e. The zero-order chi connectivity index (χ0) is 27.3. The van der Waals surface area contributed by atoms with Crippen LogP contribution in [0.4, 0.5) is 0 Å². The molecule has 38 heavy (non-hydrogen) atoms. The van der Waals surface area contributed by atoms with Gasteiger partial charge < -0.3 is 19.3 Å². The summed E-state index contributed by atoms with van der Waals surface area (Å²) in [6.07, 6.45) is 5.82. The van der Waals surface area contributed by atoms with Crippen LogP contribution in [0.3, 0.4) is 0 Å². The monoisotopic (exact) mass is 550 g/mol. The van der Waals surface area contributed by atoms with Gasteiger partial charge in [0, 0.05) is 58.4 Å². The minimum atomic E-state index is -3.64. The maximum atomic E-state index is 13.4. The fraction of sp³-hybridized carbons (Fsp3) is 0.750. The molecule has 1 amide bonds. The van der Waals surface area contributed by atoms with Crippen LogP contribution in [-0.4, -0.2) is 119 Å². The molecule has 1 saturated carbocycles. The molecule has 3 aliphatic rings. The summed E-state index contributed by atoms with van der Waals surface area (Å²) < 4.78 is 39.4. The Kier molecular flexibility index (Phi) is 10.1. The Hall–Kier alpha value is -1.72. The predicted molar refractivity (Wildman–Crippen MR) is 148 cm³/mol. The number of hydrogen-bond donors (Lipinski definition) is 0. The quantitative estimate of drug-likeness (QED) is 0.437. The number of piperazine rings is 1. The highest BCUT2D eigenvalue weighted by Crippen LogP contribution is 2.32. The van der Waals surface area contributed by atoms with Crippen LogP contribution < -0.4 is 4.74 Å². The number of aryl methyl sites for hydroxylation is 2. The number of rotatable bonds is 9. The van der Waals surface area contributed by atoms with Gasteiger partial charge in [-0.3, -0.25) is 9.69 Å². The summed E-state index contributed by atoms with van der Waals surface area (Å²) in [5.41, 5.74) is 1.50. The van der Waals surface area contributed by atoms with Crippen molar-refractivity contribution in [2.45, 2.75) is 69.4 Å². The molecule has 2 atom stereocenters. The van der Waals surface area contributed by atoms with Crippen LogP contribution in [0.5, 0.6) is 5.75 Å². The summed E-state index contributed by atoms with van der Waals surface area (Å²) >= 11 is 0. The van der Waals surface area contributed by atoms with E-state index in [0.717, 1.165) is 64.0 Å². The number of likely N-dealkylation sites (N-methyl/N-ethyl adjacent to an activating group) is 2. The highest BCUT2D eigenvalue weighted by molar-refractivity contribution is 7.89. The number of fused-ring (bicyclic) bond motifs is 1. The lowest BCUT2D eigenvalue weighted by molar-refractivity contribution is -0.138. The van der Waals surface area contributed by atoms with Crippen LogP contribution in [0.1, 0.15) is 50.2 Å². The Morgan fingerprint density at radius 1 is 1.11 bits per heavy atom. The summed E-state index contributed by atoms with van der Waals surface area (Å²) in [4.78, 5) is 20.3. The predicted octanol–water partition coefficient (Wildman–Crippen LogP) is 2.36. The maximum absolute atomic E-state index is 13.4. The molecule has 2 fully saturated rings. The SMILES string of the molecule is CCN1CCN(C2CCC[C@H](N(C)C(=O)COCCN3CCCc4cc(OC)cc(C)c4S3(=O)=O)C2)CC1. The Morgan fingerprint density at radius 2 is 1.87 bits per heavy atom. The van der Waals surface area contributed by atoms with Crippen molar-refractivity contribution in [1.82, 2.24) is 19.0 Å². The van der Waals surface area contributed by atoms with Crippen LogP contribution in [-0.2, 0) is 26.0 Å². The summed E-state index contributed by atoms with van der Waals surface area (Å²) in [5, 5.41) is 0. The van der Waals surface area contributed by atoms with Crippen molar-refractivity contribution < 1.29 is 22.7 Å². The van der Waals surface area contributed by atoms with Crippen LogP contribution in [0.15, 0.2) is 17.0 Å². The molecule has 1 aliphatic carbocycles. The van der Waals surface area contributed by atoms with Gasteiger partial charge in [0.25, 0.3) is 0 Å². The Balaban J connectivity index is 1.26. The number of ether oxygens (including phenoxy) is 2. The second-order valence-corrected chi connectivity index (χ2v) is 12.8. The van der Waals surface area contributed by atoms with E-state index in [9.17, 15) is 13.2 Å². The van der Waals surface area contributed by atoms with E-state index in [1.165, 1.54) is 10.7 Å². The normalized spacial score (nSPS) is 24.9. The van der Waals surface area contributed by atoms with E-state index in [1.54, 1.807) is 13.2 Å². The molecule has 0 radical (unpaired) electrons. The summed E-state index contributed by atoms with van der Waals surface area (Å²) in [6, 6.07) is 4.38. The molecule has 10 heteroatoms. The van der Waals surface area contributed by atoms with E-state index in [4.69, 9.17) is 9.47 Å². The number of amides is 1. The lowest BCUT2D eigenvalue weighted by Gasteiger charge is -2.43. The second-order valence-electron chi connectivity index (χ2n) is 10.9. The minimum absolute atomic E-state index is 0.0203. The van der Waals surface area contributed by atoms with Gasteiger partial charge in [0.15, 0.2) is 0 Å². The molecule has 0 N–H and O–H groups in total. The smallest absolute Gasteiger partial charge is 0.248 e. The maximum Gasteiger partial charge on any atom is 0.248 e. The summed E-state index contributed by atoms with van der Waals surface area (Å²) in [7, 11) is -0.153. The summed E-state index contributed by atoms with van der Waals surface area (Å²) in [6.45, 7) is 10.5. The molecule has 214 valence electrons. The average molecular weight is 551 g/mol. The van der Waals surface area contributed by atoms with Crippen molar-refractivity contribution >= 4 is 15.9 Å². The van der Waals surface area contributed by atoms with Gasteiger partial charge in [-0.1, -0.05) is 6.92 Å². The van der Waals surface area contributed by atoms with Gasteiger partial charge in [-0.2, -0.15) is 4.31 Å². The first-order valence-electron chi connectivity index (χ1n) is 14.2. The third-order valence-electron chi connectivity index (χ3n) is 8.65. The number of nitrogens with zero attached hydrogens (tertiary/aromatic N) is 4. The molecule has 0 bridgehead atoms. The van der Waals surface area contributed by atoms with Crippen molar-refractivity contribution in [3.05, 3.63) is 23.3 Å². The van der Waals surface area contributed by atoms with Gasteiger partial charge in [-0.25, -0.2) is 8.42 Å². The number of sulfonamides is 1. The Bertz CT molecular complexity index is 1060. The first-order chi connectivity index (χ1) is 18.2. The van der Waals surface area contributed by atoms with Crippen molar-refractivity contribution in [3.63, 3.8) is 0 Å². The Labute approximate surface area is 229 Å². The van der Waals surface area contributed by atoms with Crippen LogP contribution in [0, 0.1) is 6.92 Å². The zero-order valence-electron chi connectivity index (χ0n) is 23.7. The van der Waals surface area contributed by atoms with Crippen molar-refractivity contribution in [2.24, 2.45) is 0 Å². The van der Waals surface area contributed by atoms with E-state index in [-0.39, 0.29) is 31.7 Å². The number of carbonyl (C=O) groups is 1. The van der Waals surface area contributed by atoms with Crippen LogP contribution in [0.25, 0.3) is 0 Å². The first kappa shape index (κ1) is 29.3. The fourth-order valence-corrected chi connectivity index (χ4v) is 8.21. The third-order valence-corrected chi connectivity index (χ3v) is 10.8. The number of carbonyl (C=O) groups excluding carboxylic acids is 1. The van der Waals surface area contributed by atoms with E-state index < -0.39 is 10.0 Å². The van der Waals surface area contributed by atoms with Crippen LogP contribution in [0.2, 0.25) is 0 Å². The number of benzene rings is 1. The van der Waals surface area contributed by atoms with E-state index in [1.807, 2.05) is 24.9 Å². The lowest BCUT2D eigenvalue weighted by Crippen LogP contribution is -2.53. The zero-order valence-corrected chi connectivity index (χ0v) is 24.5. The molecule has 2 heterocycles. The molecule has 4 rings (SSSR count). The summed E-state index contributed by atoms with van der Waals surface area (Å²) in [5.74, 6) is 0.651. The standard InChI is InChI=1S/C28H46N4O5S/c1-5-30-12-14-31(15-13-30)25-10-6-9-24(20-25)29(3)27(33)21-37-17-16-32-11-7-8-23-19-26(36-4)18-22(2)28(23)38(32,34)35/h18-19,24-25H,5-17,20-21H2,1-4H3/t24-,25?/m0/s1. The van der Waals surface area contributed by atoms with E-state index >= 15 is 0 Å². The fourth-order valence-electron chi connectivity index (χ4n) is 6.31. The average Bonchev–Trinajstić information content (AvgIpc) is 3.05. The van der Waals surface area contributed by atoms with Crippen LogP contribution >= 0.6 is 0 Å². The molecule has 0 aromatic heterocycles. The molecular formula is C28H46N4O5S. The molecule has 1 aromatic rings. The molecule has 0 spiro atoms. The number of hydrogen-bond acceptors (Lipinski definition) is 7. The first-order valence-corrected chi connectivity index (χ1v) is 15.7. The van der Waals surface area contributed by atoms with Crippen molar-refractivity contribution in [3.8, 4) is 5.75 Å². The molecule has 1 saturated heterocycles. The van der Waals surface area contributed by atoms with Gasteiger partial charge in [0.05, 0.1) is 18.6 Å². The van der Waals surface area contributed by atoms with E-state index in [0.29, 0.717) is 35.2 Å². The highest BCUT2D eigenvalue weighted by atomic mass is 32.2.